The Morgan fingerprint density at radius 1 is 1.35 bits per heavy atom. The molecule has 26 heavy (non-hydrogen) atoms. The minimum atomic E-state index is -4.47. The van der Waals surface area contributed by atoms with Crippen molar-refractivity contribution in [2.75, 3.05) is 6.54 Å². The van der Waals surface area contributed by atoms with E-state index in [4.69, 9.17) is 5.11 Å². The van der Waals surface area contributed by atoms with Gasteiger partial charge in [0.15, 0.2) is 0 Å². The largest absolute Gasteiger partial charge is 0.480 e. The summed E-state index contributed by atoms with van der Waals surface area (Å²) in [4.78, 5) is 28.9. The van der Waals surface area contributed by atoms with Crippen LogP contribution in [0.5, 0.6) is 0 Å². The van der Waals surface area contributed by atoms with E-state index in [-0.39, 0.29) is 22.3 Å². The van der Waals surface area contributed by atoms with E-state index in [1.165, 1.54) is 22.4 Å². The number of aromatic nitrogens is 1. The van der Waals surface area contributed by atoms with Crippen LogP contribution in [0.1, 0.15) is 36.3 Å². The molecule has 140 valence electrons. The Morgan fingerprint density at radius 3 is 2.62 bits per heavy atom. The van der Waals surface area contributed by atoms with Gasteiger partial charge in [-0.1, -0.05) is 19.1 Å². The van der Waals surface area contributed by atoms with Crippen LogP contribution >= 0.6 is 11.3 Å². The number of halogens is 3. The normalized spacial score (nSPS) is 12.7. The zero-order valence-electron chi connectivity index (χ0n) is 14.1. The van der Waals surface area contributed by atoms with Crippen LogP contribution in [0.2, 0.25) is 0 Å². The first-order valence-corrected chi connectivity index (χ1v) is 8.67. The smallest absolute Gasteiger partial charge is 0.416 e. The van der Waals surface area contributed by atoms with Crippen LogP contribution in [-0.4, -0.2) is 39.5 Å². The molecular formula is C17H17F3N2O3S. The van der Waals surface area contributed by atoms with Crippen molar-refractivity contribution >= 4 is 23.2 Å². The fourth-order valence-corrected chi connectivity index (χ4v) is 3.07. The van der Waals surface area contributed by atoms with Gasteiger partial charge in [0.25, 0.3) is 5.91 Å². The summed E-state index contributed by atoms with van der Waals surface area (Å²) >= 11 is 1.03. The summed E-state index contributed by atoms with van der Waals surface area (Å²) in [5.41, 5.74) is -0.536. The van der Waals surface area contributed by atoms with Gasteiger partial charge in [-0.2, -0.15) is 13.2 Å². The number of rotatable bonds is 6. The lowest BCUT2D eigenvalue weighted by molar-refractivity contribution is -0.138. The predicted octanol–water partition coefficient (Wildman–Crippen LogP) is 4.15. The van der Waals surface area contributed by atoms with Crippen molar-refractivity contribution in [3.63, 3.8) is 0 Å². The lowest BCUT2D eigenvalue weighted by Crippen LogP contribution is -2.42. The highest BCUT2D eigenvalue weighted by Crippen LogP contribution is 2.33. The van der Waals surface area contributed by atoms with Gasteiger partial charge < -0.3 is 10.0 Å². The number of benzene rings is 1. The van der Waals surface area contributed by atoms with Crippen LogP contribution in [0, 0.1) is 0 Å². The highest BCUT2D eigenvalue weighted by molar-refractivity contribution is 7.13. The monoisotopic (exact) mass is 386 g/mol. The Hall–Kier alpha value is -2.42. The number of alkyl halides is 3. The van der Waals surface area contributed by atoms with Crippen LogP contribution < -0.4 is 0 Å². The summed E-state index contributed by atoms with van der Waals surface area (Å²) in [5, 5.41) is 10.7. The second-order valence-corrected chi connectivity index (χ2v) is 6.56. The van der Waals surface area contributed by atoms with Crippen LogP contribution in [0.15, 0.2) is 29.6 Å². The van der Waals surface area contributed by atoms with Gasteiger partial charge in [0.05, 0.1) is 5.56 Å². The fraction of sp³-hybridized carbons (Fsp3) is 0.353. The van der Waals surface area contributed by atoms with Crippen molar-refractivity contribution in [2.24, 2.45) is 0 Å². The molecule has 1 N–H and O–H groups in total. The van der Waals surface area contributed by atoms with Crippen LogP contribution in [0.4, 0.5) is 13.2 Å². The molecule has 0 aliphatic heterocycles. The molecule has 0 bridgehead atoms. The molecule has 2 aromatic rings. The number of nitrogens with zero attached hydrogens (tertiary/aromatic N) is 2. The van der Waals surface area contributed by atoms with Gasteiger partial charge in [-0.15, -0.1) is 11.3 Å². The molecule has 0 spiro atoms. The van der Waals surface area contributed by atoms with Crippen LogP contribution in [0.3, 0.4) is 0 Å². The third kappa shape index (κ3) is 4.60. The van der Waals surface area contributed by atoms with Crippen LogP contribution in [0.25, 0.3) is 10.6 Å². The number of carboxylic acids is 1. The van der Waals surface area contributed by atoms with Gasteiger partial charge >= 0.3 is 12.1 Å². The topological polar surface area (TPSA) is 70.5 Å². The van der Waals surface area contributed by atoms with Crippen molar-refractivity contribution in [2.45, 2.75) is 32.5 Å². The van der Waals surface area contributed by atoms with Gasteiger partial charge in [0.2, 0.25) is 0 Å². The van der Waals surface area contributed by atoms with E-state index in [0.717, 1.165) is 23.5 Å². The molecule has 1 unspecified atom stereocenters. The molecule has 0 aliphatic carbocycles. The van der Waals surface area contributed by atoms with Gasteiger partial charge in [0.1, 0.15) is 17.2 Å². The number of aliphatic carboxylic acids is 1. The minimum absolute atomic E-state index is 0.0176. The Labute approximate surface area is 152 Å². The third-order valence-corrected chi connectivity index (χ3v) is 4.74. The summed E-state index contributed by atoms with van der Waals surface area (Å²) in [6, 6.07) is 4.37. The zero-order valence-corrected chi connectivity index (χ0v) is 14.9. The Bertz CT molecular complexity index is 805. The molecule has 0 radical (unpaired) electrons. The van der Waals surface area contributed by atoms with Gasteiger partial charge in [0, 0.05) is 17.0 Å². The highest BCUT2D eigenvalue weighted by Gasteiger charge is 2.31. The second kappa shape index (κ2) is 7.86. The first-order valence-electron chi connectivity index (χ1n) is 7.79. The van der Waals surface area contributed by atoms with E-state index in [1.54, 1.807) is 6.92 Å². The third-order valence-electron chi connectivity index (χ3n) is 3.85. The standard InChI is InChI=1S/C17H17F3N2O3S/c1-3-10(2)22(8-14(23)24)16(25)13-9-26-15(21-13)11-5-4-6-12(7-11)17(18,19)20/h4-7,9-10H,3,8H2,1-2H3,(H,23,24). The number of carbonyl (C=O) groups is 2. The summed E-state index contributed by atoms with van der Waals surface area (Å²) in [6.07, 6.45) is -3.91. The molecule has 2 rings (SSSR count). The maximum absolute atomic E-state index is 12.8. The van der Waals surface area contributed by atoms with E-state index in [1.807, 2.05) is 6.92 Å². The van der Waals surface area contributed by atoms with E-state index >= 15 is 0 Å². The average molecular weight is 386 g/mol. The number of thiazole rings is 1. The molecule has 1 aromatic heterocycles. The van der Waals surface area contributed by atoms with E-state index in [9.17, 15) is 22.8 Å². The summed E-state index contributed by atoms with van der Waals surface area (Å²) in [6.45, 7) is 3.08. The fourth-order valence-electron chi connectivity index (χ4n) is 2.27. The van der Waals surface area contributed by atoms with E-state index in [2.05, 4.69) is 4.98 Å². The van der Waals surface area contributed by atoms with Crippen molar-refractivity contribution in [3.05, 3.63) is 40.9 Å². The second-order valence-electron chi connectivity index (χ2n) is 5.70. The first-order chi connectivity index (χ1) is 12.1. The molecule has 0 fully saturated rings. The van der Waals surface area contributed by atoms with Gasteiger partial charge in [-0.25, -0.2) is 4.98 Å². The summed E-state index contributed by atoms with van der Waals surface area (Å²) in [5.74, 6) is -1.71. The van der Waals surface area contributed by atoms with E-state index < -0.39 is 30.2 Å². The van der Waals surface area contributed by atoms with Crippen molar-refractivity contribution in [1.29, 1.82) is 0 Å². The number of hydrogen-bond donors (Lipinski definition) is 1. The molecule has 0 saturated carbocycles. The Kier molecular flexibility index (Phi) is 6.01. The SMILES string of the molecule is CCC(C)N(CC(=O)O)C(=O)c1csc(-c2cccc(C(F)(F)F)c2)n1. The molecule has 1 atom stereocenters. The van der Waals surface area contributed by atoms with Crippen LogP contribution in [-0.2, 0) is 11.0 Å². The van der Waals surface area contributed by atoms with Crippen molar-refractivity contribution in [3.8, 4) is 10.6 Å². The molecule has 1 aromatic carbocycles. The molecule has 1 heterocycles. The summed E-state index contributed by atoms with van der Waals surface area (Å²) < 4.78 is 38.5. The lowest BCUT2D eigenvalue weighted by atomic mass is 10.1. The number of carbonyl (C=O) groups excluding carboxylic acids is 1. The Balaban J connectivity index is 2.31. The maximum Gasteiger partial charge on any atom is 0.416 e. The van der Waals surface area contributed by atoms with E-state index in [0.29, 0.717) is 6.42 Å². The van der Waals surface area contributed by atoms with Crippen molar-refractivity contribution in [1.82, 2.24) is 9.88 Å². The number of carboxylic acid groups (broad SMARTS) is 1. The molecule has 9 heteroatoms. The average Bonchev–Trinajstić information content (AvgIpc) is 3.07. The number of amides is 1. The molecule has 1 amide bonds. The van der Waals surface area contributed by atoms with Gasteiger partial charge in [-0.3, -0.25) is 9.59 Å². The minimum Gasteiger partial charge on any atom is -0.480 e. The molecule has 5 nitrogen and oxygen atoms in total. The molecule has 0 saturated heterocycles. The molecular weight excluding hydrogens is 369 g/mol. The Morgan fingerprint density at radius 2 is 2.04 bits per heavy atom. The molecule has 0 aliphatic rings. The zero-order chi connectivity index (χ0) is 19.5. The highest BCUT2D eigenvalue weighted by atomic mass is 32.1. The van der Waals surface area contributed by atoms with Gasteiger partial charge in [-0.05, 0) is 25.5 Å². The summed E-state index contributed by atoms with van der Waals surface area (Å²) in [7, 11) is 0. The quantitative estimate of drug-likeness (QED) is 0.810. The maximum atomic E-state index is 12.8. The first kappa shape index (κ1) is 19.9. The predicted molar refractivity (Wildman–Crippen MR) is 91.0 cm³/mol. The lowest BCUT2D eigenvalue weighted by Gasteiger charge is -2.26. The van der Waals surface area contributed by atoms with Crippen molar-refractivity contribution < 1.29 is 27.9 Å². The number of hydrogen-bond acceptors (Lipinski definition) is 4.